The molecule has 0 bridgehead atoms. The van der Waals surface area contributed by atoms with Gasteiger partial charge in [0, 0.05) is 23.0 Å². The molecule has 2 heterocycles. The van der Waals surface area contributed by atoms with Crippen LogP contribution < -0.4 is 10.2 Å². The topological polar surface area (TPSA) is 62.3 Å². The van der Waals surface area contributed by atoms with Crippen LogP contribution in [0.5, 0.6) is 0 Å². The van der Waals surface area contributed by atoms with Crippen LogP contribution in [-0.4, -0.2) is 22.8 Å². The van der Waals surface area contributed by atoms with E-state index in [4.69, 9.17) is 0 Å². The summed E-state index contributed by atoms with van der Waals surface area (Å²) in [5.41, 5.74) is 2.94. The maximum Gasteiger partial charge on any atom is 0.233 e. The van der Waals surface area contributed by atoms with Crippen molar-refractivity contribution in [3.8, 4) is 0 Å². The molecule has 2 aliphatic rings. The summed E-state index contributed by atoms with van der Waals surface area (Å²) in [6.45, 7) is 2.07. The van der Waals surface area contributed by atoms with E-state index in [0.29, 0.717) is 10.8 Å². The van der Waals surface area contributed by atoms with E-state index < -0.39 is 0 Å². The maximum atomic E-state index is 12.7. The Balaban J connectivity index is 1.44. The van der Waals surface area contributed by atoms with Gasteiger partial charge < -0.3 is 10.2 Å². The average molecular weight is 341 g/mol. The molecule has 0 unspecified atom stereocenters. The Hall–Kier alpha value is -2.21. The zero-order valence-electron chi connectivity index (χ0n) is 13.5. The van der Waals surface area contributed by atoms with Gasteiger partial charge in [0.15, 0.2) is 5.13 Å². The van der Waals surface area contributed by atoms with Gasteiger partial charge in [-0.25, -0.2) is 4.98 Å². The third kappa shape index (κ3) is 2.94. The van der Waals surface area contributed by atoms with Crippen LogP contribution in [0.1, 0.15) is 31.0 Å². The van der Waals surface area contributed by atoms with Gasteiger partial charge in [-0.1, -0.05) is 18.2 Å². The van der Waals surface area contributed by atoms with Crippen molar-refractivity contribution >= 4 is 34.0 Å². The molecule has 124 valence electrons. The van der Waals surface area contributed by atoms with Crippen molar-refractivity contribution in [2.45, 2.75) is 38.6 Å². The molecule has 24 heavy (non-hydrogen) atoms. The molecule has 6 heteroatoms. The van der Waals surface area contributed by atoms with Crippen LogP contribution in [-0.2, 0) is 22.4 Å². The van der Waals surface area contributed by atoms with Gasteiger partial charge in [-0.05, 0) is 37.8 Å². The summed E-state index contributed by atoms with van der Waals surface area (Å²) in [7, 11) is 0. The predicted octanol–water partition coefficient (Wildman–Crippen LogP) is 3.01. The lowest BCUT2D eigenvalue weighted by Gasteiger charge is -2.22. The number of thiazole rings is 1. The normalized spacial score (nSPS) is 19.2. The molecule has 1 atom stereocenters. The van der Waals surface area contributed by atoms with Gasteiger partial charge in [-0.3, -0.25) is 9.59 Å². The number of carbonyl (C=O) groups is 2. The Morgan fingerprint density at radius 3 is 2.92 bits per heavy atom. The quantitative estimate of drug-likeness (QED) is 0.930. The van der Waals surface area contributed by atoms with Gasteiger partial charge in [-0.2, -0.15) is 0 Å². The van der Waals surface area contributed by atoms with Gasteiger partial charge in [-0.15, -0.1) is 11.3 Å². The molecule has 1 aromatic heterocycles. The summed E-state index contributed by atoms with van der Waals surface area (Å²) in [6.07, 6.45) is 3.08. The smallest absolute Gasteiger partial charge is 0.233 e. The van der Waals surface area contributed by atoms with E-state index in [9.17, 15) is 9.59 Å². The van der Waals surface area contributed by atoms with Gasteiger partial charge in [0.05, 0.1) is 12.1 Å². The van der Waals surface area contributed by atoms with E-state index in [0.717, 1.165) is 24.9 Å². The van der Waals surface area contributed by atoms with Crippen LogP contribution in [0.2, 0.25) is 0 Å². The van der Waals surface area contributed by atoms with Crippen molar-refractivity contribution in [1.29, 1.82) is 0 Å². The third-order valence-corrected chi connectivity index (χ3v) is 5.34. The Kier molecular flexibility index (Phi) is 3.84. The maximum absolute atomic E-state index is 12.7. The highest BCUT2D eigenvalue weighted by molar-refractivity contribution is 7.13. The van der Waals surface area contributed by atoms with E-state index in [-0.39, 0.29) is 30.2 Å². The van der Waals surface area contributed by atoms with Crippen molar-refractivity contribution in [3.05, 3.63) is 40.9 Å². The standard InChI is InChI=1S/C18H19N3O2S/c1-11-8-13-4-2-3-5-15(13)21(11)16(22)9-14-10-24-18(19-14)20-17(23)12-6-7-12/h2-5,10-12H,6-9H2,1H3,(H,19,20,23)/t11-/m1/s1. The second kappa shape index (κ2) is 6.02. The first-order chi connectivity index (χ1) is 11.6. The molecule has 0 radical (unpaired) electrons. The minimum atomic E-state index is 0.0457. The zero-order chi connectivity index (χ0) is 16.7. The van der Waals surface area contributed by atoms with Crippen molar-refractivity contribution < 1.29 is 9.59 Å². The van der Waals surface area contributed by atoms with E-state index in [1.807, 2.05) is 28.5 Å². The lowest BCUT2D eigenvalue weighted by atomic mass is 10.1. The Morgan fingerprint density at radius 2 is 2.12 bits per heavy atom. The first-order valence-corrected chi connectivity index (χ1v) is 9.15. The minimum absolute atomic E-state index is 0.0457. The number of anilines is 2. The molecule has 1 aliphatic heterocycles. The monoisotopic (exact) mass is 341 g/mol. The summed E-state index contributed by atoms with van der Waals surface area (Å²) in [5, 5.41) is 5.28. The van der Waals surface area contributed by atoms with Crippen molar-refractivity contribution in [1.82, 2.24) is 4.98 Å². The van der Waals surface area contributed by atoms with E-state index in [1.54, 1.807) is 0 Å². The van der Waals surface area contributed by atoms with Crippen molar-refractivity contribution in [2.24, 2.45) is 5.92 Å². The number of carbonyl (C=O) groups excluding carboxylic acids is 2. The predicted molar refractivity (Wildman–Crippen MR) is 94.3 cm³/mol. The van der Waals surface area contributed by atoms with Crippen LogP contribution in [0.3, 0.4) is 0 Å². The minimum Gasteiger partial charge on any atom is -0.309 e. The summed E-state index contributed by atoms with van der Waals surface area (Å²) < 4.78 is 0. The van der Waals surface area contributed by atoms with E-state index in [2.05, 4.69) is 23.3 Å². The Morgan fingerprint density at radius 1 is 1.33 bits per heavy atom. The van der Waals surface area contributed by atoms with Crippen LogP contribution in [0.4, 0.5) is 10.8 Å². The van der Waals surface area contributed by atoms with Gasteiger partial charge in [0.25, 0.3) is 0 Å². The summed E-state index contributed by atoms with van der Waals surface area (Å²) in [6, 6.07) is 8.22. The highest BCUT2D eigenvalue weighted by atomic mass is 32.1. The number of amides is 2. The second-order valence-corrected chi connectivity index (χ2v) is 7.39. The van der Waals surface area contributed by atoms with E-state index in [1.165, 1.54) is 16.9 Å². The van der Waals surface area contributed by atoms with Gasteiger partial charge in [0.1, 0.15) is 0 Å². The molecule has 0 spiro atoms. The molecule has 2 aromatic rings. The lowest BCUT2D eigenvalue weighted by molar-refractivity contribution is -0.118. The summed E-state index contributed by atoms with van der Waals surface area (Å²) >= 11 is 1.38. The molecular formula is C18H19N3O2S. The second-order valence-electron chi connectivity index (χ2n) is 6.53. The van der Waals surface area contributed by atoms with Crippen molar-refractivity contribution in [2.75, 3.05) is 10.2 Å². The van der Waals surface area contributed by atoms with E-state index >= 15 is 0 Å². The Bertz CT molecular complexity index is 797. The molecule has 2 amide bonds. The molecule has 1 fully saturated rings. The number of benzene rings is 1. The molecule has 5 nitrogen and oxygen atoms in total. The third-order valence-electron chi connectivity index (χ3n) is 4.54. The lowest BCUT2D eigenvalue weighted by Crippen LogP contribution is -2.36. The first kappa shape index (κ1) is 15.3. The molecule has 0 saturated heterocycles. The first-order valence-electron chi connectivity index (χ1n) is 8.27. The van der Waals surface area contributed by atoms with Gasteiger partial charge >= 0.3 is 0 Å². The number of aromatic nitrogens is 1. The molecular weight excluding hydrogens is 322 g/mol. The summed E-state index contributed by atoms with van der Waals surface area (Å²) in [5.74, 6) is 0.253. The molecule has 4 rings (SSSR count). The average Bonchev–Trinajstić information content (AvgIpc) is 3.23. The zero-order valence-corrected chi connectivity index (χ0v) is 14.3. The number of hydrogen-bond donors (Lipinski definition) is 1. The highest BCUT2D eigenvalue weighted by Crippen LogP contribution is 2.33. The number of nitrogens with one attached hydrogen (secondary N) is 1. The van der Waals surface area contributed by atoms with Crippen LogP contribution in [0.25, 0.3) is 0 Å². The number of nitrogens with zero attached hydrogens (tertiary/aromatic N) is 2. The molecule has 1 aromatic carbocycles. The molecule has 1 saturated carbocycles. The van der Waals surface area contributed by atoms with Crippen LogP contribution in [0.15, 0.2) is 29.6 Å². The number of fused-ring (bicyclic) bond motifs is 1. The fraction of sp³-hybridized carbons (Fsp3) is 0.389. The van der Waals surface area contributed by atoms with Crippen molar-refractivity contribution in [3.63, 3.8) is 0 Å². The fourth-order valence-electron chi connectivity index (χ4n) is 3.18. The number of hydrogen-bond acceptors (Lipinski definition) is 4. The van der Waals surface area contributed by atoms with Gasteiger partial charge in [0.2, 0.25) is 11.8 Å². The van der Waals surface area contributed by atoms with Crippen LogP contribution >= 0.6 is 11.3 Å². The largest absolute Gasteiger partial charge is 0.309 e. The number of rotatable bonds is 4. The SMILES string of the molecule is C[C@@H]1Cc2ccccc2N1C(=O)Cc1csc(NC(=O)C2CC2)n1. The molecule has 1 N–H and O–H groups in total. The fourth-order valence-corrected chi connectivity index (χ4v) is 3.90. The molecule has 1 aliphatic carbocycles. The highest BCUT2D eigenvalue weighted by Gasteiger charge is 2.31. The Labute approximate surface area is 144 Å². The summed E-state index contributed by atoms with van der Waals surface area (Å²) in [4.78, 5) is 30.8. The number of para-hydroxylation sites is 1. The van der Waals surface area contributed by atoms with Crippen LogP contribution in [0, 0.1) is 5.92 Å².